The van der Waals surface area contributed by atoms with E-state index in [2.05, 4.69) is 94.6 Å². The molecule has 2 aromatic heterocycles. The molecule has 250 valence electrons. The number of aromatic nitrogens is 4. The van der Waals surface area contributed by atoms with E-state index in [0.29, 0.717) is 12.4 Å². The summed E-state index contributed by atoms with van der Waals surface area (Å²) in [6.07, 6.45) is 4.04. The lowest BCUT2D eigenvalue weighted by atomic mass is 9.87. The predicted octanol–water partition coefficient (Wildman–Crippen LogP) is 7.40. The molecule has 0 unspecified atom stereocenters. The molecule has 0 radical (unpaired) electrons. The largest absolute Gasteiger partial charge is 0.465 e. The van der Waals surface area contributed by atoms with Crippen LogP contribution in [0.4, 0.5) is 4.79 Å². The van der Waals surface area contributed by atoms with E-state index in [1.54, 1.807) is 11.1 Å². The smallest absolute Gasteiger partial charge is 0.405 e. The molecule has 2 amide bonds. The van der Waals surface area contributed by atoms with Crippen LogP contribution in [0, 0.1) is 11.3 Å². The average molecular weight is 693 g/mol. The number of nitrogens with two attached hydrogens (primary N) is 1. The number of rotatable bonds is 8. The van der Waals surface area contributed by atoms with Gasteiger partial charge < -0.3 is 31.0 Å². The molecule has 0 bridgehead atoms. The number of carbonyl (C=O) groups is 2. The van der Waals surface area contributed by atoms with Gasteiger partial charge in [0.25, 0.3) is 0 Å². The van der Waals surface area contributed by atoms with Crippen molar-refractivity contribution >= 4 is 49.2 Å². The first-order chi connectivity index (χ1) is 20.4. The molecule has 4 aromatic rings. The summed E-state index contributed by atoms with van der Waals surface area (Å²) >= 11 is 0. The molecule has 10 nitrogen and oxygen atoms in total. The minimum Gasteiger partial charge on any atom is -0.465 e. The highest BCUT2D eigenvalue weighted by Crippen LogP contribution is 2.34. The number of amides is 2. The number of carbonyl (C=O) groups excluding carboxylic acids is 1. The Hall–Kier alpha value is -3.57. The number of halogens is 3. The van der Waals surface area contributed by atoms with Gasteiger partial charge >= 0.3 is 6.09 Å². The third kappa shape index (κ3) is 8.41. The monoisotopic (exact) mass is 691 g/mol. The minimum absolute atomic E-state index is 0. The van der Waals surface area contributed by atoms with Crippen molar-refractivity contribution in [2.24, 2.45) is 17.1 Å². The number of benzene rings is 2. The Morgan fingerprint density at radius 2 is 1.39 bits per heavy atom. The number of carboxylic acid groups (broad SMARTS) is 1. The number of imidazole rings is 2. The van der Waals surface area contributed by atoms with Gasteiger partial charge in [-0.3, -0.25) is 4.79 Å². The highest BCUT2D eigenvalue weighted by molar-refractivity contribution is 5.86. The van der Waals surface area contributed by atoms with Gasteiger partial charge in [-0.25, -0.2) is 14.8 Å². The lowest BCUT2D eigenvalue weighted by Gasteiger charge is -2.29. The molecule has 2 aromatic carbocycles. The van der Waals surface area contributed by atoms with Crippen LogP contribution in [0.15, 0.2) is 60.9 Å². The van der Waals surface area contributed by atoms with Crippen LogP contribution in [-0.4, -0.2) is 54.5 Å². The van der Waals surface area contributed by atoms with Gasteiger partial charge in [0.05, 0.1) is 35.9 Å². The normalized spacial score (nSPS) is 15.7. The van der Waals surface area contributed by atoms with Crippen LogP contribution in [0.5, 0.6) is 0 Å². The summed E-state index contributed by atoms with van der Waals surface area (Å²) < 4.78 is 0. The molecule has 46 heavy (non-hydrogen) atoms. The zero-order chi connectivity index (χ0) is 30.9. The van der Waals surface area contributed by atoms with Gasteiger partial charge in [-0.2, -0.15) is 0 Å². The minimum atomic E-state index is -1.20. The van der Waals surface area contributed by atoms with Crippen molar-refractivity contribution in [1.29, 1.82) is 0 Å². The maximum atomic E-state index is 13.3. The first-order valence-electron chi connectivity index (χ1n) is 14.8. The standard InChI is InChI=1S/C33H41N7O3.3ClH/c1-19(2)27(39-32(42)43)31(41)40-16-6-7-26(40)29-35-17-24(37-29)22-12-8-20(9-13-22)21-10-14-23(15-11-21)25-18-36-30(38-25)28(34)33(3,4)5;;;/h8-15,17-19,26-28,39H,6-7,16,34H2,1-5H3,(H,35,37)(H,36,38)(H,42,43);3*1H/t26-,27-,28+;;;/m0.../s1. The van der Waals surface area contributed by atoms with Crippen LogP contribution in [0.1, 0.15) is 71.2 Å². The van der Waals surface area contributed by atoms with E-state index in [1.807, 2.05) is 20.0 Å². The fourth-order valence-corrected chi connectivity index (χ4v) is 5.53. The van der Waals surface area contributed by atoms with Gasteiger partial charge in [0.1, 0.15) is 17.7 Å². The van der Waals surface area contributed by atoms with Gasteiger partial charge in [-0.05, 0) is 46.4 Å². The molecule has 0 saturated carbocycles. The molecule has 1 saturated heterocycles. The molecule has 13 heteroatoms. The summed E-state index contributed by atoms with van der Waals surface area (Å²) in [5, 5.41) is 11.6. The molecule has 0 aliphatic carbocycles. The van der Waals surface area contributed by atoms with Gasteiger partial charge in [-0.1, -0.05) is 83.1 Å². The van der Waals surface area contributed by atoms with E-state index in [1.165, 1.54) is 0 Å². The first-order valence-corrected chi connectivity index (χ1v) is 14.8. The van der Waals surface area contributed by atoms with Gasteiger partial charge in [-0.15, -0.1) is 37.2 Å². The molecule has 3 heterocycles. The summed E-state index contributed by atoms with van der Waals surface area (Å²) in [7, 11) is 0. The van der Waals surface area contributed by atoms with Crippen molar-refractivity contribution in [1.82, 2.24) is 30.2 Å². The summed E-state index contributed by atoms with van der Waals surface area (Å²) in [6.45, 7) is 10.6. The number of hydrogen-bond acceptors (Lipinski definition) is 5. The maximum Gasteiger partial charge on any atom is 0.405 e. The molecule has 1 fully saturated rings. The zero-order valence-electron chi connectivity index (χ0n) is 26.6. The Kier molecular flexibility index (Phi) is 13.3. The lowest BCUT2D eigenvalue weighted by Crippen LogP contribution is -2.50. The lowest BCUT2D eigenvalue weighted by molar-refractivity contribution is -0.135. The van der Waals surface area contributed by atoms with E-state index in [4.69, 9.17) is 5.73 Å². The third-order valence-electron chi connectivity index (χ3n) is 8.21. The van der Waals surface area contributed by atoms with Crippen molar-refractivity contribution in [2.75, 3.05) is 6.54 Å². The van der Waals surface area contributed by atoms with Crippen molar-refractivity contribution in [3.05, 3.63) is 72.6 Å². The first kappa shape index (κ1) is 38.6. The number of likely N-dealkylation sites (tertiary alicyclic amines) is 1. The Labute approximate surface area is 288 Å². The van der Waals surface area contributed by atoms with Crippen molar-refractivity contribution in [3.63, 3.8) is 0 Å². The fraction of sp³-hybridized carbons (Fsp3) is 0.394. The molecule has 3 atom stereocenters. The van der Waals surface area contributed by atoms with Crippen LogP contribution in [0.2, 0.25) is 0 Å². The van der Waals surface area contributed by atoms with Crippen LogP contribution in [0.25, 0.3) is 33.6 Å². The second-order valence-electron chi connectivity index (χ2n) is 12.7. The maximum absolute atomic E-state index is 13.3. The van der Waals surface area contributed by atoms with E-state index in [0.717, 1.165) is 52.3 Å². The van der Waals surface area contributed by atoms with Gasteiger partial charge in [0, 0.05) is 6.54 Å². The highest BCUT2D eigenvalue weighted by Gasteiger charge is 2.37. The molecule has 6 N–H and O–H groups in total. The van der Waals surface area contributed by atoms with E-state index in [-0.39, 0.29) is 66.5 Å². The quantitative estimate of drug-likeness (QED) is 0.130. The van der Waals surface area contributed by atoms with E-state index in [9.17, 15) is 14.7 Å². The Morgan fingerprint density at radius 1 is 0.891 bits per heavy atom. The van der Waals surface area contributed by atoms with Crippen LogP contribution < -0.4 is 11.1 Å². The van der Waals surface area contributed by atoms with Gasteiger partial charge in [0.15, 0.2) is 0 Å². The van der Waals surface area contributed by atoms with E-state index < -0.39 is 12.1 Å². The Morgan fingerprint density at radius 3 is 1.89 bits per heavy atom. The third-order valence-corrected chi connectivity index (χ3v) is 8.21. The number of hydrogen-bond donors (Lipinski definition) is 5. The highest BCUT2D eigenvalue weighted by atomic mass is 35.5. The zero-order valence-corrected chi connectivity index (χ0v) is 29.1. The van der Waals surface area contributed by atoms with Crippen molar-refractivity contribution in [2.45, 2.75) is 65.6 Å². The number of aromatic amines is 2. The van der Waals surface area contributed by atoms with Gasteiger partial charge in [0.2, 0.25) is 5.91 Å². The predicted molar refractivity (Wildman–Crippen MR) is 189 cm³/mol. The Bertz CT molecular complexity index is 1580. The second kappa shape index (κ2) is 15.8. The SMILES string of the molecule is CC(C)[C@H](NC(=O)O)C(=O)N1CCC[C@H]1c1ncc(-c2ccc(-c3ccc(-c4cnc([C@@H](N)C(C)(C)C)[nH]4)cc3)cc2)[nH]1.Cl.Cl.Cl. The second-order valence-corrected chi connectivity index (χ2v) is 12.7. The summed E-state index contributed by atoms with van der Waals surface area (Å²) in [5.41, 5.74) is 12.3. The van der Waals surface area contributed by atoms with E-state index >= 15 is 0 Å². The summed E-state index contributed by atoms with van der Waals surface area (Å²) in [6, 6.07) is 15.4. The molecule has 0 spiro atoms. The van der Waals surface area contributed by atoms with Crippen LogP contribution >= 0.6 is 37.2 Å². The topological polar surface area (TPSA) is 153 Å². The van der Waals surface area contributed by atoms with Crippen LogP contribution in [-0.2, 0) is 4.79 Å². The van der Waals surface area contributed by atoms with Crippen molar-refractivity contribution in [3.8, 4) is 33.6 Å². The molecular formula is C33H44Cl3N7O3. The molecule has 1 aliphatic heterocycles. The van der Waals surface area contributed by atoms with Crippen LogP contribution in [0.3, 0.4) is 0 Å². The number of nitrogens with zero attached hydrogens (tertiary/aromatic N) is 3. The average Bonchev–Trinajstić information content (AvgIpc) is 3.75. The summed E-state index contributed by atoms with van der Waals surface area (Å²) in [4.78, 5) is 42.2. The summed E-state index contributed by atoms with van der Waals surface area (Å²) in [5.74, 6) is 1.12. The molecule has 5 rings (SSSR count). The molecule has 1 aliphatic rings. The molecular weight excluding hydrogens is 649 g/mol. The number of H-pyrrole nitrogens is 2. The fourth-order valence-electron chi connectivity index (χ4n) is 5.53. The van der Waals surface area contributed by atoms with Crippen molar-refractivity contribution < 1.29 is 14.7 Å². The number of nitrogens with one attached hydrogen (secondary N) is 3. The Balaban J connectivity index is 0.00000245.